The van der Waals surface area contributed by atoms with Gasteiger partial charge in [-0.2, -0.15) is 0 Å². The van der Waals surface area contributed by atoms with Gasteiger partial charge in [0, 0.05) is 31.6 Å². The summed E-state index contributed by atoms with van der Waals surface area (Å²) in [5.41, 5.74) is 1.53. The highest BCUT2D eigenvalue weighted by molar-refractivity contribution is 6.02. The zero-order valence-electron chi connectivity index (χ0n) is 15.3. The number of carbonyl (C=O) groups is 2. The van der Waals surface area contributed by atoms with Gasteiger partial charge in [-0.1, -0.05) is 18.2 Å². The highest BCUT2D eigenvalue weighted by Crippen LogP contribution is 2.26. The average Bonchev–Trinajstić information content (AvgIpc) is 3.36. The number of nitrogens with zero attached hydrogens (tertiary/aromatic N) is 3. The topological polar surface area (TPSA) is 74.8 Å². The van der Waals surface area contributed by atoms with Crippen molar-refractivity contribution < 1.29 is 14.3 Å². The van der Waals surface area contributed by atoms with Crippen molar-refractivity contribution in [2.24, 2.45) is 0 Å². The van der Waals surface area contributed by atoms with Crippen molar-refractivity contribution in [1.82, 2.24) is 15.2 Å². The Morgan fingerprint density at radius 3 is 2.78 bits per heavy atom. The Morgan fingerprint density at radius 2 is 2.00 bits per heavy atom. The Kier molecular flexibility index (Phi) is 5.09. The molecule has 7 nitrogen and oxygen atoms in total. The van der Waals surface area contributed by atoms with Crippen LogP contribution in [0.2, 0.25) is 0 Å². The van der Waals surface area contributed by atoms with Gasteiger partial charge in [0.1, 0.15) is 12.4 Å². The number of cyclic esters (lactones) is 1. The van der Waals surface area contributed by atoms with Gasteiger partial charge in [-0.3, -0.25) is 4.79 Å². The predicted molar refractivity (Wildman–Crippen MR) is 103 cm³/mol. The molecule has 1 N–H and O–H groups in total. The van der Waals surface area contributed by atoms with Gasteiger partial charge < -0.3 is 19.9 Å². The minimum absolute atomic E-state index is 0.112. The second-order valence-corrected chi connectivity index (χ2v) is 6.96. The smallest absolute Gasteiger partial charge is 0.409 e. The molecule has 142 valence electrons. The Bertz CT molecular complexity index is 848. The van der Waals surface area contributed by atoms with Crippen molar-refractivity contribution in [1.29, 1.82) is 0 Å². The first kappa shape index (κ1) is 17.6. The fourth-order valence-electron chi connectivity index (χ4n) is 3.64. The summed E-state index contributed by atoms with van der Waals surface area (Å²) < 4.78 is 4.91. The summed E-state index contributed by atoms with van der Waals surface area (Å²) in [7, 11) is 0. The summed E-state index contributed by atoms with van der Waals surface area (Å²) in [6.45, 7) is 4.04. The minimum atomic E-state index is -0.267. The summed E-state index contributed by atoms with van der Waals surface area (Å²) in [6, 6.07) is 9.81. The quantitative estimate of drug-likeness (QED) is 0.793. The first-order valence-corrected chi connectivity index (χ1v) is 9.57. The molecule has 2 saturated heterocycles. The highest BCUT2D eigenvalue weighted by Gasteiger charge is 2.23. The number of anilines is 1. The van der Waals surface area contributed by atoms with E-state index in [0.717, 1.165) is 42.7 Å². The molecule has 2 aromatic rings. The Balaban J connectivity index is 1.46. The van der Waals surface area contributed by atoms with Crippen LogP contribution in [0.25, 0.3) is 10.9 Å². The number of hydrogen-bond acceptors (Lipinski definition) is 5. The molecule has 2 fully saturated rings. The molecule has 0 saturated carbocycles. The molecule has 0 unspecified atom stereocenters. The third kappa shape index (κ3) is 3.82. The van der Waals surface area contributed by atoms with E-state index in [2.05, 4.69) is 10.2 Å². The number of amides is 2. The maximum absolute atomic E-state index is 12.8. The third-order valence-electron chi connectivity index (χ3n) is 5.09. The van der Waals surface area contributed by atoms with Crippen LogP contribution in [0.4, 0.5) is 10.6 Å². The van der Waals surface area contributed by atoms with Gasteiger partial charge in [0.25, 0.3) is 5.91 Å². The summed E-state index contributed by atoms with van der Waals surface area (Å²) in [6.07, 6.45) is 2.68. The van der Waals surface area contributed by atoms with Gasteiger partial charge in [0.2, 0.25) is 0 Å². The molecule has 2 aliphatic rings. The van der Waals surface area contributed by atoms with Crippen LogP contribution in [0.15, 0.2) is 30.3 Å². The van der Waals surface area contributed by atoms with Gasteiger partial charge in [0.05, 0.1) is 17.6 Å². The number of hydrogen-bond donors (Lipinski definition) is 1. The van der Waals surface area contributed by atoms with Crippen LogP contribution in [0.5, 0.6) is 0 Å². The summed E-state index contributed by atoms with van der Waals surface area (Å²) in [5.74, 6) is 0.658. The van der Waals surface area contributed by atoms with Crippen molar-refractivity contribution in [3.8, 4) is 0 Å². The van der Waals surface area contributed by atoms with Crippen molar-refractivity contribution in [3.63, 3.8) is 0 Å². The van der Waals surface area contributed by atoms with E-state index in [1.165, 1.54) is 0 Å². The van der Waals surface area contributed by atoms with Gasteiger partial charge in [-0.25, -0.2) is 9.78 Å². The molecule has 0 spiro atoms. The van der Waals surface area contributed by atoms with Crippen molar-refractivity contribution in [2.75, 3.05) is 44.2 Å². The molecule has 27 heavy (non-hydrogen) atoms. The van der Waals surface area contributed by atoms with E-state index in [9.17, 15) is 9.59 Å². The number of nitrogens with one attached hydrogen (secondary N) is 1. The summed E-state index contributed by atoms with van der Waals surface area (Å²) in [4.78, 5) is 32.9. The summed E-state index contributed by atoms with van der Waals surface area (Å²) >= 11 is 0. The Hall–Kier alpha value is -2.83. The van der Waals surface area contributed by atoms with Crippen LogP contribution < -0.4 is 10.2 Å². The van der Waals surface area contributed by atoms with Crippen LogP contribution in [0, 0.1) is 0 Å². The SMILES string of the molecule is O=C(NCCCN1CCOC1=O)c1cc2ccccc2nc1N1CCCC1. The van der Waals surface area contributed by atoms with E-state index >= 15 is 0 Å². The van der Waals surface area contributed by atoms with Crippen molar-refractivity contribution >= 4 is 28.7 Å². The lowest BCUT2D eigenvalue weighted by Gasteiger charge is -2.20. The molecule has 2 amide bonds. The summed E-state index contributed by atoms with van der Waals surface area (Å²) in [5, 5.41) is 3.95. The lowest BCUT2D eigenvalue weighted by molar-refractivity contribution is 0.0953. The predicted octanol–water partition coefficient (Wildman–Crippen LogP) is 2.41. The maximum atomic E-state index is 12.8. The number of rotatable bonds is 6. The van der Waals surface area contributed by atoms with Crippen LogP contribution >= 0.6 is 0 Å². The first-order chi connectivity index (χ1) is 13.2. The third-order valence-corrected chi connectivity index (χ3v) is 5.09. The van der Waals surface area contributed by atoms with E-state index in [1.807, 2.05) is 30.3 Å². The largest absolute Gasteiger partial charge is 0.448 e. The van der Waals surface area contributed by atoms with Crippen LogP contribution in [-0.4, -0.2) is 61.2 Å². The molecule has 0 atom stereocenters. The Labute approximate surface area is 158 Å². The average molecular weight is 368 g/mol. The molecule has 4 rings (SSSR count). The minimum Gasteiger partial charge on any atom is -0.448 e. The van der Waals surface area contributed by atoms with Gasteiger partial charge in [-0.05, 0) is 31.4 Å². The van der Waals surface area contributed by atoms with Crippen LogP contribution in [0.3, 0.4) is 0 Å². The molecule has 1 aromatic carbocycles. The molecule has 0 bridgehead atoms. The maximum Gasteiger partial charge on any atom is 0.409 e. The molecular formula is C20H24N4O3. The second-order valence-electron chi connectivity index (χ2n) is 6.96. The molecule has 0 radical (unpaired) electrons. The fourth-order valence-corrected chi connectivity index (χ4v) is 3.64. The number of benzene rings is 1. The van der Waals surface area contributed by atoms with E-state index < -0.39 is 0 Å². The molecule has 3 heterocycles. The van der Waals surface area contributed by atoms with E-state index in [1.54, 1.807) is 4.90 Å². The van der Waals surface area contributed by atoms with E-state index in [0.29, 0.717) is 38.2 Å². The lowest BCUT2D eigenvalue weighted by Crippen LogP contribution is -2.32. The van der Waals surface area contributed by atoms with Gasteiger partial charge in [-0.15, -0.1) is 0 Å². The standard InChI is InChI=1S/C20H24N4O3/c25-19(21-8-5-11-24-12-13-27-20(24)26)16-14-15-6-1-2-7-17(15)22-18(16)23-9-3-4-10-23/h1-2,6-7,14H,3-5,8-13H2,(H,21,25). The van der Waals surface area contributed by atoms with Gasteiger partial charge in [0.15, 0.2) is 0 Å². The second kappa shape index (κ2) is 7.82. The molecule has 0 aliphatic carbocycles. The number of para-hydroxylation sites is 1. The van der Waals surface area contributed by atoms with Crippen LogP contribution in [0.1, 0.15) is 29.6 Å². The van der Waals surface area contributed by atoms with Crippen molar-refractivity contribution in [2.45, 2.75) is 19.3 Å². The van der Waals surface area contributed by atoms with E-state index in [-0.39, 0.29) is 12.0 Å². The number of ether oxygens (including phenoxy) is 1. The zero-order valence-corrected chi connectivity index (χ0v) is 15.3. The fraction of sp³-hybridized carbons (Fsp3) is 0.450. The first-order valence-electron chi connectivity index (χ1n) is 9.57. The zero-order chi connectivity index (χ0) is 18.6. The monoisotopic (exact) mass is 368 g/mol. The van der Waals surface area contributed by atoms with E-state index in [4.69, 9.17) is 9.72 Å². The molecule has 2 aliphatic heterocycles. The molecule has 7 heteroatoms. The van der Waals surface area contributed by atoms with Crippen LogP contribution in [-0.2, 0) is 4.74 Å². The number of carbonyl (C=O) groups excluding carboxylic acids is 2. The number of aromatic nitrogens is 1. The van der Waals surface area contributed by atoms with Crippen molar-refractivity contribution in [3.05, 3.63) is 35.9 Å². The van der Waals surface area contributed by atoms with Gasteiger partial charge >= 0.3 is 6.09 Å². The Morgan fingerprint density at radius 1 is 1.19 bits per heavy atom. The number of fused-ring (bicyclic) bond motifs is 1. The highest BCUT2D eigenvalue weighted by atomic mass is 16.6. The number of pyridine rings is 1. The molecular weight excluding hydrogens is 344 g/mol. The lowest BCUT2D eigenvalue weighted by atomic mass is 10.1. The molecule has 1 aromatic heterocycles. The normalized spacial score (nSPS) is 16.8.